The Morgan fingerprint density at radius 3 is 2.58 bits per heavy atom. The van der Waals surface area contributed by atoms with Crippen molar-refractivity contribution in [3.8, 4) is 12.3 Å². The van der Waals surface area contributed by atoms with Crippen molar-refractivity contribution in [1.29, 1.82) is 0 Å². The lowest BCUT2D eigenvalue weighted by Gasteiger charge is -2.00. The summed E-state index contributed by atoms with van der Waals surface area (Å²) in [4.78, 5) is 0. The van der Waals surface area contributed by atoms with Crippen LogP contribution in [0.4, 0.5) is 0 Å². The largest absolute Gasteiger partial charge is 1.00 e. The zero-order valence-electron chi connectivity index (χ0n) is 7.02. The third-order valence-electron chi connectivity index (χ3n) is 1.82. The van der Waals surface area contributed by atoms with Gasteiger partial charge in [-0.3, -0.25) is 15.6 Å². The first-order valence-corrected chi connectivity index (χ1v) is 3.89. The monoisotopic (exact) mass is 187 g/mol. The van der Waals surface area contributed by atoms with Crippen molar-refractivity contribution in [1.82, 2.24) is 5.32 Å². The van der Waals surface area contributed by atoms with Gasteiger partial charge in [-0.2, -0.15) is 0 Å². The number of nitrogens with two attached hydrogens (primary N) is 1. The molecule has 1 aliphatic rings. The van der Waals surface area contributed by atoms with Crippen LogP contribution in [0.5, 0.6) is 0 Å². The quantitative estimate of drug-likeness (QED) is 0.253. The van der Waals surface area contributed by atoms with Crippen LogP contribution in [-0.2, 0) is 0 Å². The Bertz CT molecular complexity index is 197. The maximum absolute atomic E-state index is 5.70. The number of halogens is 1. The maximum Gasteiger partial charge on any atom is 0.344 e. The highest BCUT2D eigenvalue weighted by Gasteiger charge is 2.12. The topological polar surface area (TPSA) is 41.1 Å². The summed E-state index contributed by atoms with van der Waals surface area (Å²) in [5.74, 6) is 3.21. The summed E-state index contributed by atoms with van der Waals surface area (Å²) in [6.45, 7) is 2.63. The van der Waals surface area contributed by atoms with Gasteiger partial charge in [-0.1, -0.05) is 5.92 Å². The Morgan fingerprint density at radius 2 is 2.08 bits per heavy atom. The van der Waals surface area contributed by atoms with E-state index in [1.165, 1.54) is 12.8 Å². The van der Waals surface area contributed by atoms with E-state index in [1.54, 1.807) is 0 Å². The van der Waals surface area contributed by atoms with Crippen LogP contribution >= 0.6 is 0 Å². The molecule has 1 fully saturated rings. The van der Waals surface area contributed by atoms with E-state index in [9.17, 15) is 0 Å². The molecular formula is C8H14ClN3. The van der Waals surface area contributed by atoms with Gasteiger partial charge in [0.1, 0.15) is 6.54 Å². The summed E-state index contributed by atoms with van der Waals surface area (Å²) in [5.41, 5.74) is 5.70. The number of nitrogens with zero attached hydrogens (tertiary/aromatic N) is 1. The zero-order chi connectivity index (χ0) is 8.10. The standard InChI is InChI=1S/C8H13N3.ClH/c1-2-5-10-8(9)11-6-3-4-7-11;/h1H,3-7H2,(H2,9,10);1H. The summed E-state index contributed by atoms with van der Waals surface area (Å²) in [5, 5.41) is 2.96. The van der Waals surface area contributed by atoms with Crippen LogP contribution in [0.1, 0.15) is 12.8 Å². The first-order valence-electron chi connectivity index (χ1n) is 3.89. The van der Waals surface area contributed by atoms with E-state index in [1.807, 2.05) is 0 Å². The number of nitrogens with one attached hydrogen (secondary N) is 1. The average molecular weight is 188 g/mol. The molecule has 0 radical (unpaired) electrons. The van der Waals surface area contributed by atoms with E-state index in [0.717, 1.165) is 19.0 Å². The van der Waals surface area contributed by atoms with Crippen LogP contribution in [0, 0.1) is 12.3 Å². The van der Waals surface area contributed by atoms with Crippen LogP contribution in [0.3, 0.4) is 0 Å². The van der Waals surface area contributed by atoms with Gasteiger partial charge in [0.2, 0.25) is 0 Å². The van der Waals surface area contributed by atoms with Gasteiger partial charge in [0.15, 0.2) is 0 Å². The first kappa shape index (κ1) is 11.1. The van der Waals surface area contributed by atoms with E-state index < -0.39 is 0 Å². The van der Waals surface area contributed by atoms with Crippen molar-refractivity contribution in [2.75, 3.05) is 19.6 Å². The highest BCUT2D eigenvalue weighted by Crippen LogP contribution is 1.99. The normalized spacial score (nSPS) is 14.8. The smallest absolute Gasteiger partial charge is 0.344 e. The van der Waals surface area contributed by atoms with Crippen molar-refractivity contribution in [3.63, 3.8) is 0 Å². The summed E-state index contributed by atoms with van der Waals surface area (Å²) in [6, 6.07) is 0. The fraction of sp³-hybridized carbons (Fsp3) is 0.625. The van der Waals surface area contributed by atoms with Gasteiger partial charge in [0, 0.05) is 0 Å². The van der Waals surface area contributed by atoms with Gasteiger partial charge >= 0.3 is 5.96 Å². The number of hydrogen-bond acceptors (Lipinski definition) is 0. The van der Waals surface area contributed by atoms with E-state index in [2.05, 4.69) is 15.8 Å². The molecule has 4 heteroatoms. The molecule has 0 bridgehead atoms. The van der Waals surface area contributed by atoms with E-state index in [4.69, 9.17) is 12.2 Å². The molecule has 0 saturated carbocycles. The molecule has 0 unspecified atom stereocenters. The first-order chi connectivity index (χ1) is 5.34. The van der Waals surface area contributed by atoms with Gasteiger partial charge in [0.05, 0.1) is 13.1 Å². The van der Waals surface area contributed by atoms with Gasteiger partial charge in [-0.15, -0.1) is 6.42 Å². The van der Waals surface area contributed by atoms with Crippen molar-refractivity contribution in [3.05, 3.63) is 0 Å². The Balaban J connectivity index is 0.00000121. The predicted molar refractivity (Wildman–Crippen MR) is 45.3 cm³/mol. The minimum atomic E-state index is 0. The van der Waals surface area contributed by atoms with E-state index in [-0.39, 0.29) is 12.4 Å². The Labute approximate surface area is 79.4 Å². The third kappa shape index (κ3) is 3.02. The number of rotatable bonds is 1. The SMILES string of the molecule is C#CCNC(N)=[N+]1CCCC1.[Cl-]. The lowest BCUT2D eigenvalue weighted by molar-refractivity contribution is -0.509. The second-order valence-electron chi connectivity index (χ2n) is 2.64. The highest BCUT2D eigenvalue weighted by molar-refractivity contribution is 5.72. The van der Waals surface area contributed by atoms with Gasteiger partial charge in [-0.25, -0.2) is 0 Å². The molecule has 0 spiro atoms. The second kappa shape index (κ2) is 5.73. The third-order valence-corrected chi connectivity index (χ3v) is 1.82. The van der Waals surface area contributed by atoms with Gasteiger partial charge < -0.3 is 12.4 Å². The molecule has 1 saturated heterocycles. The molecule has 1 heterocycles. The molecule has 3 N–H and O–H groups in total. The van der Waals surface area contributed by atoms with Crippen LogP contribution in [-0.4, -0.2) is 30.2 Å². The fourth-order valence-corrected chi connectivity index (χ4v) is 1.21. The van der Waals surface area contributed by atoms with E-state index in [0.29, 0.717) is 6.54 Å². The molecule has 0 amide bonds. The van der Waals surface area contributed by atoms with Crippen molar-refractivity contribution < 1.29 is 17.0 Å². The Morgan fingerprint density at radius 1 is 1.50 bits per heavy atom. The predicted octanol–water partition coefficient (Wildman–Crippen LogP) is -3.67. The number of guanidine groups is 1. The zero-order valence-corrected chi connectivity index (χ0v) is 7.77. The minimum absolute atomic E-state index is 0. The molecule has 0 atom stereocenters. The minimum Gasteiger partial charge on any atom is -1.00 e. The molecule has 3 nitrogen and oxygen atoms in total. The van der Waals surface area contributed by atoms with Crippen molar-refractivity contribution >= 4 is 5.96 Å². The molecular weight excluding hydrogens is 174 g/mol. The van der Waals surface area contributed by atoms with E-state index >= 15 is 0 Å². The lowest BCUT2D eigenvalue weighted by Crippen LogP contribution is -3.00. The molecule has 0 aromatic carbocycles. The highest BCUT2D eigenvalue weighted by atomic mass is 35.5. The van der Waals surface area contributed by atoms with Crippen LogP contribution in [0.2, 0.25) is 0 Å². The summed E-state index contributed by atoms with van der Waals surface area (Å²) < 4.78 is 2.12. The molecule has 0 aromatic heterocycles. The second-order valence-corrected chi connectivity index (χ2v) is 2.64. The molecule has 12 heavy (non-hydrogen) atoms. The van der Waals surface area contributed by atoms with Gasteiger partial charge in [0.25, 0.3) is 0 Å². The molecule has 68 valence electrons. The summed E-state index contributed by atoms with van der Waals surface area (Å²) in [6.07, 6.45) is 7.54. The number of hydrogen-bond donors (Lipinski definition) is 2. The van der Waals surface area contributed by atoms with Crippen LogP contribution < -0.4 is 23.5 Å². The maximum atomic E-state index is 5.70. The number of terminal acetylenes is 1. The molecule has 1 aliphatic heterocycles. The summed E-state index contributed by atoms with van der Waals surface area (Å²) >= 11 is 0. The van der Waals surface area contributed by atoms with Crippen molar-refractivity contribution in [2.45, 2.75) is 12.8 Å². The van der Waals surface area contributed by atoms with Gasteiger partial charge in [-0.05, 0) is 12.8 Å². The lowest BCUT2D eigenvalue weighted by atomic mass is 10.4. The summed E-state index contributed by atoms with van der Waals surface area (Å²) in [7, 11) is 0. The van der Waals surface area contributed by atoms with Crippen molar-refractivity contribution in [2.24, 2.45) is 5.73 Å². The van der Waals surface area contributed by atoms with Crippen LogP contribution in [0.15, 0.2) is 0 Å². The molecule has 0 aliphatic carbocycles. The molecule has 1 rings (SSSR count). The fourth-order valence-electron chi connectivity index (χ4n) is 1.21. The Kier molecular flexibility index (Phi) is 5.31. The Hall–Kier alpha value is -0.880. The van der Waals surface area contributed by atoms with Crippen LogP contribution in [0.25, 0.3) is 0 Å². The average Bonchev–Trinajstić information content (AvgIpc) is 2.52. The molecule has 0 aromatic rings.